The van der Waals surface area contributed by atoms with Crippen LogP contribution in [0.4, 0.5) is 61.5 Å². The highest BCUT2D eigenvalue weighted by molar-refractivity contribution is 6.12. The van der Waals surface area contributed by atoms with Gasteiger partial charge >= 0.3 is 6.18 Å². The second kappa shape index (κ2) is 12.4. The molecule has 0 aromatic heterocycles. The lowest BCUT2D eigenvalue weighted by atomic mass is 9.96. The maximum Gasteiger partial charge on any atom is 0.422 e. The molecule has 1 aliphatic rings. The largest absolute Gasteiger partial charge is 0.422 e. The lowest BCUT2D eigenvalue weighted by molar-refractivity contribution is -0.143. The van der Waals surface area contributed by atoms with Crippen LogP contribution in [-0.4, -0.2) is 0 Å². The Balaban J connectivity index is 2.38. The van der Waals surface area contributed by atoms with Crippen molar-refractivity contribution in [2.75, 3.05) is 0 Å². The second-order valence-electron chi connectivity index (χ2n) is 9.64. The zero-order valence-corrected chi connectivity index (χ0v) is 23.5. The zero-order valence-electron chi connectivity index (χ0n) is 23.5. The van der Waals surface area contributed by atoms with E-state index in [1.54, 1.807) is 0 Å². The number of halogens is 14. The molecule has 1 aliphatic carbocycles. The highest BCUT2D eigenvalue weighted by Gasteiger charge is 2.48. The van der Waals surface area contributed by atoms with Crippen LogP contribution in [0.5, 0.6) is 0 Å². The van der Waals surface area contributed by atoms with Crippen molar-refractivity contribution < 1.29 is 61.5 Å². The standard InChI is InChI=1S/C31H3F14N5/c1-7-8(2-46)21(33)24(36)16(20(7)32)9(3-47)13-14(10(4-48)17-25(37)22(34)12(6-50)23(35)26(17)38)15(13)11(5-49)18-27(39)29(41)19(31(43,44)45)30(42)28(18)40/h1H3. The normalized spacial score (nSPS) is 15.3. The summed E-state index contributed by atoms with van der Waals surface area (Å²) in [6.07, 6.45) is -6.11. The Morgan fingerprint density at radius 2 is 0.700 bits per heavy atom. The molecule has 5 nitrogen and oxygen atoms in total. The minimum atomic E-state index is -6.11. The van der Waals surface area contributed by atoms with Gasteiger partial charge in [0.25, 0.3) is 0 Å². The Morgan fingerprint density at radius 3 is 0.980 bits per heavy atom. The van der Waals surface area contributed by atoms with E-state index in [-0.39, 0.29) is 0 Å². The number of alkyl halides is 3. The second-order valence-corrected chi connectivity index (χ2v) is 9.64. The predicted molar refractivity (Wildman–Crippen MR) is 136 cm³/mol. The summed E-state index contributed by atoms with van der Waals surface area (Å²) in [5.41, 5.74) is -23.5. The van der Waals surface area contributed by atoms with Gasteiger partial charge in [-0.25, -0.2) is 48.3 Å². The third kappa shape index (κ3) is 5.06. The van der Waals surface area contributed by atoms with E-state index in [1.807, 2.05) is 0 Å². The third-order valence-corrected chi connectivity index (χ3v) is 7.11. The van der Waals surface area contributed by atoms with Gasteiger partial charge < -0.3 is 0 Å². The smallest absolute Gasteiger partial charge is 0.206 e. The molecular formula is C31H3F14N5. The van der Waals surface area contributed by atoms with Crippen molar-refractivity contribution in [2.45, 2.75) is 13.1 Å². The third-order valence-electron chi connectivity index (χ3n) is 7.11. The summed E-state index contributed by atoms with van der Waals surface area (Å²) >= 11 is 0. The number of nitrogens with zero attached hydrogens (tertiary/aromatic N) is 5. The van der Waals surface area contributed by atoms with Gasteiger partial charge in [-0.1, -0.05) is 0 Å². The molecule has 3 aromatic carbocycles. The zero-order chi connectivity index (χ0) is 37.9. The molecule has 4 rings (SSSR count). The first-order chi connectivity index (χ1) is 23.3. The molecule has 0 N–H and O–H groups in total. The minimum Gasteiger partial charge on any atom is -0.206 e. The average molecular weight is 711 g/mol. The van der Waals surface area contributed by atoms with Crippen molar-refractivity contribution in [1.82, 2.24) is 0 Å². The first-order valence-electron chi connectivity index (χ1n) is 12.5. The summed E-state index contributed by atoms with van der Waals surface area (Å²) in [5.74, 6) is -28.9. The Labute approximate surface area is 267 Å². The van der Waals surface area contributed by atoms with Crippen LogP contribution in [0.15, 0.2) is 16.7 Å². The topological polar surface area (TPSA) is 119 Å². The van der Waals surface area contributed by atoms with Crippen LogP contribution in [-0.2, 0) is 6.18 Å². The highest BCUT2D eigenvalue weighted by Crippen LogP contribution is 2.57. The number of hydrogen-bond acceptors (Lipinski definition) is 5. The lowest BCUT2D eigenvalue weighted by Crippen LogP contribution is -2.17. The van der Waals surface area contributed by atoms with Crippen molar-refractivity contribution in [2.24, 2.45) is 0 Å². The first-order valence-corrected chi connectivity index (χ1v) is 12.5. The monoisotopic (exact) mass is 711 g/mol. The molecule has 3 aromatic rings. The molecule has 0 spiro atoms. The van der Waals surface area contributed by atoms with Crippen LogP contribution in [0.25, 0.3) is 16.7 Å². The quantitative estimate of drug-likeness (QED) is 0.153. The molecule has 0 radical (unpaired) electrons. The molecule has 1 saturated carbocycles. The SMILES string of the molecule is Cc1c(F)c(C(C#N)=C2C(=C(C#N)c3c(F)c(F)c(C#N)c(F)c3F)C2=C(C#N)c2c(F)c(F)c(C(F)(F)F)c(F)c2F)c(F)c(F)c1C#N. The van der Waals surface area contributed by atoms with Gasteiger partial charge in [0.1, 0.15) is 47.3 Å². The van der Waals surface area contributed by atoms with Crippen molar-refractivity contribution in [3.05, 3.63) is 120 Å². The maximum absolute atomic E-state index is 15.4. The molecular weight excluding hydrogens is 708 g/mol. The predicted octanol–water partition coefficient (Wildman–Crippen LogP) is 8.53. The summed E-state index contributed by atoms with van der Waals surface area (Å²) in [4.78, 5) is 0. The fourth-order valence-electron chi connectivity index (χ4n) is 4.83. The summed E-state index contributed by atoms with van der Waals surface area (Å²) in [6, 6.07) is 4.65. The maximum atomic E-state index is 15.4. The van der Waals surface area contributed by atoms with E-state index in [0.29, 0.717) is 6.92 Å². The minimum absolute atomic E-state index is 0.660. The van der Waals surface area contributed by atoms with Crippen molar-refractivity contribution in [3.8, 4) is 30.3 Å². The van der Waals surface area contributed by atoms with E-state index in [9.17, 15) is 50.9 Å². The van der Waals surface area contributed by atoms with Gasteiger partial charge in [0.2, 0.25) is 0 Å². The van der Waals surface area contributed by atoms with E-state index in [2.05, 4.69) is 0 Å². The molecule has 1 fully saturated rings. The summed E-state index contributed by atoms with van der Waals surface area (Å²) in [6.45, 7) is 0.660. The molecule has 0 heterocycles. The van der Waals surface area contributed by atoms with E-state index >= 15 is 26.3 Å². The van der Waals surface area contributed by atoms with Crippen molar-refractivity contribution >= 4 is 16.7 Å². The average Bonchev–Trinajstić information content (AvgIpc) is 3.77. The lowest BCUT2D eigenvalue weighted by Gasteiger charge is -2.13. The van der Waals surface area contributed by atoms with Gasteiger partial charge in [-0.2, -0.15) is 39.5 Å². The van der Waals surface area contributed by atoms with Gasteiger partial charge in [-0.15, -0.1) is 0 Å². The Hall–Kier alpha value is -6.65. The van der Waals surface area contributed by atoms with Crippen LogP contribution < -0.4 is 0 Å². The van der Waals surface area contributed by atoms with E-state index < -0.39 is 143 Å². The summed E-state index contributed by atoms with van der Waals surface area (Å²) in [5, 5.41) is 47.4. The molecule has 0 amide bonds. The number of hydrogen-bond donors (Lipinski definition) is 0. The van der Waals surface area contributed by atoms with Gasteiger partial charge in [0.15, 0.2) is 58.2 Å². The highest BCUT2D eigenvalue weighted by atomic mass is 19.4. The molecule has 0 atom stereocenters. The number of allylic oxidation sites excluding steroid dienone is 6. The Kier molecular flexibility index (Phi) is 8.99. The molecule has 50 heavy (non-hydrogen) atoms. The van der Waals surface area contributed by atoms with Gasteiger partial charge in [0.05, 0.1) is 39.0 Å². The Bertz CT molecular complexity index is 2230. The molecule has 0 aliphatic heterocycles. The van der Waals surface area contributed by atoms with Crippen LogP contribution in [0.3, 0.4) is 0 Å². The van der Waals surface area contributed by atoms with E-state index in [4.69, 9.17) is 10.5 Å². The number of nitriles is 5. The number of rotatable bonds is 3. The van der Waals surface area contributed by atoms with E-state index in [1.165, 1.54) is 0 Å². The summed E-state index contributed by atoms with van der Waals surface area (Å²) in [7, 11) is 0. The Morgan fingerprint density at radius 1 is 0.420 bits per heavy atom. The van der Waals surface area contributed by atoms with E-state index in [0.717, 1.165) is 30.3 Å². The van der Waals surface area contributed by atoms with Gasteiger partial charge in [-0.3, -0.25) is 0 Å². The van der Waals surface area contributed by atoms with Crippen LogP contribution in [0.2, 0.25) is 0 Å². The molecule has 0 unspecified atom stereocenters. The van der Waals surface area contributed by atoms with Crippen molar-refractivity contribution in [3.63, 3.8) is 0 Å². The van der Waals surface area contributed by atoms with Gasteiger partial charge in [-0.05, 0) is 6.92 Å². The molecule has 0 bridgehead atoms. The van der Waals surface area contributed by atoms with Crippen LogP contribution >= 0.6 is 0 Å². The number of benzene rings is 3. The molecule has 250 valence electrons. The van der Waals surface area contributed by atoms with Crippen LogP contribution in [0.1, 0.15) is 38.9 Å². The molecule has 19 heteroatoms. The summed E-state index contributed by atoms with van der Waals surface area (Å²) < 4.78 is 203. The van der Waals surface area contributed by atoms with Crippen molar-refractivity contribution in [1.29, 1.82) is 26.3 Å². The molecule has 0 saturated heterocycles. The van der Waals surface area contributed by atoms with Crippen LogP contribution in [0, 0.1) is 128 Å². The fourth-order valence-corrected chi connectivity index (χ4v) is 4.83. The fraction of sp³-hybridized carbons (Fsp3) is 0.0645. The first kappa shape index (κ1) is 36.2. The van der Waals surface area contributed by atoms with Gasteiger partial charge in [0, 0.05) is 22.3 Å².